The molecule has 1 aromatic carbocycles. The SMILES string of the molecule is C#CCCN1CCN(C(=O)CNS(=O)(=O)c2cccc(C(F)(F)F)c2)CC1. The maximum absolute atomic E-state index is 12.7. The van der Waals surface area contributed by atoms with Gasteiger partial charge < -0.3 is 4.90 Å². The lowest BCUT2D eigenvalue weighted by Gasteiger charge is -2.34. The number of hydrogen-bond donors (Lipinski definition) is 1. The summed E-state index contributed by atoms with van der Waals surface area (Å²) in [5.74, 6) is 2.12. The predicted molar refractivity (Wildman–Crippen MR) is 93.1 cm³/mol. The van der Waals surface area contributed by atoms with Crippen LogP contribution in [-0.4, -0.2) is 63.4 Å². The number of amides is 1. The summed E-state index contributed by atoms with van der Waals surface area (Å²) in [6.07, 6.45) is 1.18. The molecule has 1 aliphatic rings. The molecule has 27 heavy (non-hydrogen) atoms. The molecule has 6 nitrogen and oxygen atoms in total. The number of nitrogens with zero attached hydrogens (tertiary/aromatic N) is 2. The van der Waals surface area contributed by atoms with E-state index in [0.29, 0.717) is 38.7 Å². The maximum atomic E-state index is 12.7. The second-order valence-electron chi connectivity index (χ2n) is 6.03. The van der Waals surface area contributed by atoms with Crippen LogP contribution in [0.15, 0.2) is 29.2 Å². The quantitative estimate of drug-likeness (QED) is 0.724. The molecule has 1 aromatic rings. The monoisotopic (exact) mass is 403 g/mol. The van der Waals surface area contributed by atoms with Crippen molar-refractivity contribution < 1.29 is 26.4 Å². The number of carbonyl (C=O) groups excluding carboxylic acids is 1. The maximum Gasteiger partial charge on any atom is 0.416 e. The summed E-state index contributed by atoms with van der Waals surface area (Å²) >= 11 is 0. The van der Waals surface area contributed by atoms with E-state index in [-0.39, 0.29) is 0 Å². The molecule has 148 valence electrons. The fourth-order valence-electron chi connectivity index (χ4n) is 2.64. The smallest absolute Gasteiger partial charge is 0.339 e. The van der Waals surface area contributed by atoms with Crippen molar-refractivity contribution in [3.05, 3.63) is 29.8 Å². The lowest BCUT2D eigenvalue weighted by molar-refractivity contribution is -0.137. The molecule has 0 saturated carbocycles. The van der Waals surface area contributed by atoms with Crippen LogP contribution in [0, 0.1) is 12.3 Å². The lowest BCUT2D eigenvalue weighted by Crippen LogP contribution is -2.51. The summed E-state index contributed by atoms with van der Waals surface area (Å²) in [6, 6.07) is 3.38. The Kier molecular flexibility index (Phi) is 6.86. The molecular weight excluding hydrogens is 383 g/mol. The third-order valence-electron chi connectivity index (χ3n) is 4.18. The number of sulfonamides is 1. The van der Waals surface area contributed by atoms with Gasteiger partial charge in [0.25, 0.3) is 0 Å². The minimum atomic E-state index is -4.65. The zero-order valence-corrected chi connectivity index (χ0v) is 15.3. The standard InChI is InChI=1S/C17H20F3N3O3S/c1-2-3-7-22-8-10-23(11-9-22)16(24)13-21-27(25,26)15-6-4-5-14(12-15)17(18,19)20/h1,4-6,12,21H,3,7-11,13H2. The van der Waals surface area contributed by atoms with Gasteiger partial charge in [-0.2, -0.15) is 13.2 Å². The van der Waals surface area contributed by atoms with Gasteiger partial charge in [-0.3, -0.25) is 9.69 Å². The van der Waals surface area contributed by atoms with Crippen molar-refractivity contribution in [1.29, 1.82) is 0 Å². The minimum absolute atomic E-state index is 0.429. The molecule has 0 bridgehead atoms. The van der Waals surface area contributed by atoms with Crippen molar-refractivity contribution in [2.24, 2.45) is 0 Å². The fourth-order valence-corrected chi connectivity index (χ4v) is 3.66. The van der Waals surface area contributed by atoms with Crippen LogP contribution >= 0.6 is 0 Å². The number of piperazine rings is 1. The summed E-state index contributed by atoms with van der Waals surface area (Å²) in [5, 5.41) is 0. The van der Waals surface area contributed by atoms with Crippen LogP contribution in [0.4, 0.5) is 13.2 Å². The van der Waals surface area contributed by atoms with E-state index in [2.05, 4.69) is 15.5 Å². The van der Waals surface area contributed by atoms with Crippen LogP contribution < -0.4 is 4.72 Å². The highest BCUT2D eigenvalue weighted by Gasteiger charge is 2.32. The van der Waals surface area contributed by atoms with Crippen molar-refractivity contribution in [1.82, 2.24) is 14.5 Å². The summed E-state index contributed by atoms with van der Waals surface area (Å²) in [5.41, 5.74) is -1.07. The Morgan fingerprint density at radius 2 is 1.89 bits per heavy atom. The van der Waals surface area contributed by atoms with Gasteiger partial charge in [-0.05, 0) is 18.2 Å². The van der Waals surface area contributed by atoms with Crippen LogP contribution in [0.3, 0.4) is 0 Å². The van der Waals surface area contributed by atoms with E-state index in [1.165, 1.54) is 4.90 Å². The molecule has 1 saturated heterocycles. The van der Waals surface area contributed by atoms with Crippen LogP contribution in [-0.2, 0) is 21.0 Å². The van der Waals surface area contributed by atoms with Crippen molar-refractivity contribution in [3.63, 3.8) is 0 Å². The number of carbonyl (C=O) groups is 1. The number of halogens is 3. The molecule has 0 radical (unpaired) electrons. The third-order valence-corrected chi connectivity index (χ3v) is 5.58. The molecule has 1 N–H and O–H groups in total. The van der Waals surface area contributed by atoms with Crippen LogP contribution in [0.2, 0.25) is 0 Å². The first-order valence-electron chi connectivity index (χ1n) is 8.24. The van der Waals surface area contributed by atoms with Gasteiger partial charge in [-0.15, -0.1) is 12.3 Å². The molecule has 0 unspecified atom stereocenters. The fraction of sp³-hybridized carbons (Fsp3) is 0.471. The Hall–Kier alpha value is -2.09. The van der Waals surface area contributed by atoms with Crippen molar-refractivity contribution >= 4 is 15.9 Å². The topological polar surface area (TPSA) is 69.7 Å². The third kappa shape index (κ3) is 5.95. The van der Waals surface area contributed by atoms with Gasteiger partial charge in [0, 0.05) is 39.1 Å². The van der Waals surface area contributed by atoms with E-state index in [4.69, 9.17) is 6.42 Å². The zero-order valence-electron chi connectivity index (χ0n) is 14.5. The molecule has 1 fully saturated rings. The van der Waals surface area contributed by atoms with E-state index in [9.17, 15) is 26.4 Å². The van der Waals surface area contributed by atoms with Gasteiger partial charge in [0.2, 0.25) is 15.9 Å². The van der Waals surface area contributed by atoms with Gasteiger partial charge in [0.1, 0.15) is 0 Å². The normalized spacial score (nSPS) is 16.1. The van der Waals surface area contributed by atoms with E-state index in [1.807, 2.05) is 0 Å². The van der Waals surface area contributed by atoms with E-state index < -0.39 is 39.1 Å². The van der Waals surface area contributed by atoms with Gasteiger partial charge in [-0.25, -0.2) is 13.1 Å². The van der Waals surface area contributed by atoms with Crippen LogP contribution in [0.5, 0.6) is 0 Å². The molecule has 0 atom stereocenters. The molecule has 2 rings (SSSR count). The molecule has 10 heteroatoms. The second kappa shape index (κ2) is 8.73. The Morgan fingerprint density at radius 1 is 1.22 bits per heavy atom. The van der Waals surface area contributed by atoms with E-state index in [0.717, 1.165) is 24.7 Å². The first-order chi connectivity index (χ1) is 12.6. The number of benzene rings is 1. The first-order valence-corrected chi connectivity index (χ1v) is 9.72. The van der Waals surface area contributed by atoms with Gasteiger partial charge in [0.15, 0.2) is 0 Å². The Labute approximate surface area is 156 Å². The number of nitrogens with one attached hydrogen (secondary N) is 1. The second-order valence-corrected chi connectivity index (χ2v) is 7.79. The minimum Gasteiger partial charge on any atom is -0.339 e. The highest BCUT2D eigenvalue weighted by atomic mass is 32.2. The molecule has 1 amide bonds. The van der Waals surface area contributed by atoms with Gasteiger partial charge in [-0.1, -0.05) is 6.07 Å². The molecule has 1 heterocycles. The van der Waals surface area contributed by atoms with Gasteiger partial charge >= 0.3 is 6.18 Å². The van der Waals surface area contributed by atoms with E-state index in [1.54, 1.807) is 0 Å². The summed E-state index contributed by atoms with van der Waals surface area (Å²) in [6.45, 7) is 2.37. The number of terminal acetylenes is 1. The summed E-state index contributed by atoms with van der Waals surface area (Å²) < 4.78 is 64.6. The molecule has 0 spiro atoms. The molecule has 1 aliphatic heterocycles. The average molecular weight is 403 g/mol. The average Bonchev–Trinajstić information content (AvgIpc) is 2.64. The lowest BCUT2D eigenvalue weighted by atomic mass is 10.2. The highest BCUT2D eigenvalue weighted by Crippen LogP contribution is 2.30. The molecule has 0 aromatic heterocycles. The Balaban J connectivity index is 1.92. The highest BCUT2D eigenvalue weighted by molar-refractivity contribution is 7.89. The first kappa shape index (κ1) is 21.2. The van der Waals surface area contributed by atoms with Crippen LogP contribution in [0.1, 0.15) is 12.0 Å². The largest absolute Gasteiger partial charge is 0.416 e. The van der Waals surface area contributed by atoms with Gasteiger partial charge in [0.05, 0.1) is 17.0 Å². The van der Waals surface area contributed by atoms with E-state index >= 15 is 0 Å². The number of alkyl halides is 3. The molecule has 0 aliphatic carbocycles. The number of rotatable bonds is 6. The Morgan fingerprint density at radius 3 is 2.48 bits per heavy atom. The molecular formula is C17H20F3N3O3S. The summed E-state index contributed by atoms with van der Waals surface area (Å²) in [7, 11) is -4.23. The number of hydrogen-bond acceptors (Lipinski definition) is 4. The van der Waals surface area contributed by atoms with Crippen molar-refractivity contribution in [2.75, 3.05) is 39.3 Å². The zero-order chi connectivity index (χ0) is 20.1. The summed E-state index contributed by atoms with van der Waals surface area (Å²) in [4.78, 5) is 15.3. The Bertz CT molecular complexity index is 811. The predicted octanol–water partition coefficient (Wildman–Crippen LogP) is 1.15. The van der Waals surface area contributed by atoms with Crippen LogP contribution in [0.25, 0.3) is 0 Å². The van der Waals surface area contributed by atoms with Crippen molar-refractivity contribution in [2.45, 2.75) is 17.5 Å². The van der Waals surface area contributed by atoms with Crippen molar-refractivity contribution in [3.8, 4) is 12.3 Å².